The van der Waals surface area contributed by atoms with E-state index in [1.807, 2.05) is 83.9 Å². The Bertz CT molecular complexity index is 1650. The van der Waals surface area contributed by atoms with Crippen LogP contribution >= 0.6 is 0 Å². The number of anilines is 1. The third-order valence-corrected chi connectivity index (χ3v) is 8.78. The smallest absolute Gasteiger partial charge is 0.273 e. The summed E-state index contributed by atoms with van der Waals surface area (Å²) >= 11 is 0. The highest BCUT2D eigenvalue weighted by Gasteiger charge is 2.51. The molecule has 0 N–H and O–H groups in total. The molecule has 2 aliphatic rings. The first kappa shape index (κ1) is 23.8. The largest absolute Gasteiger partial charge is 0.497 e. The monoisotopic (exact) mass is 523 g/mol. The van der Waals surface area contributed by atoms with E-state index in [0.29, 0.717) is 28.3 Å². The van der Waals surface area contributed by atoms with Crippen molar-refractivity contribution in [2.24, 2.45) is 0 Å². The van der Waals surface area contributed by atoms with Crippen LogP contribution in [0.2, 0.25) is 0 Å². The average Bonchev–Trinajstić information content (AvgIpc) is 3.33. The van der Waals surface area contributed by atoms with Crippen molar-refractivity contribution in [3.63, 3.8) is 0 Å². The molecule has 7 nitrogen and oxygen atoms in total. The Morgan fingerprint density at radius 2 is 1.39 bits per heavy atom. The van der Waals surface area contributed by atoms with Gasteiger partial charge in [0.15, 0.2) is 0 Å². The molecule has 0 aromatic heterocycles. The van der Waals surface area contributed by atoms with Gasteiger partial charge < -0.3 is 4.74 Å². The number of carbonyl (C=O) groups is 1. The van der Waals surface area contributed by atoms with Crippen molar-refractivity contribution in [2.45, 2.75) is 10.9 Å². The first-order valence-electron chi connectivity index (χ1n) is 12.1. The fourth-order valence-electron chi connectivity index (χ4n) is 5.14. The summed E-state index contributed by atoms with van der Waals surface area (Å²) in [5.74, 6) is 0.407. The van der Waals surface area contributed by atoms with Gasteiger partial charge in [0.1, 0.15) is 11.8 Å². The van der Waals surface area contributed by atoms with Gasteiger partial charge in [0.25, 0.3) is 15.9 Å². The maximum absolute atomic E-state index is 14.3. The fraction of sp³-hybridized carbons (Fsp3) is 0.100. The van der Waals surface area contributed by atoms with E-state index in [0.717, 1.165) is 11.3 Å². The summed E-state index contributed by atoms with van der Waals surface area (Å²) in [7, 11) is -0.720. The Kier molecular flexibility index (Phi) is 5.69. The van der Waals surface area contributed by atoms with Crippen LogP contribution in [0, 0.1) is 0 Å². The predicted octanol–water partition coefficient (Wildman–Crippen LogP) is 5.32. The summed E-state index contributed by atoms with van der Waals surface area (Å²) in [6, 6.07) is 32.1. The zero-order chi connectivity index (χ0) is 26.4. The molecular formula is C30H25N3O4S. The topological polar surface area (TPSA) is 70.2 Å². The molecule has 2 aliphatic heterocycles. The van der Waals surface area contributed by atoms with Gasteiger partial charge in [0.2, 0.25) is 0 Å². The molecule has 0 spiro atoms. The fourth-order valence-corrected chi connectivity index (χ4v) is 6.58. The molecule has 1 amide bonds. The van der Waals surface area contributed by atoms with Gasteiger partial charge in [0, 0.05) is 18.2 Å². The lowest BCUT2D eigenvalue weighted by molar-refractivity contribution is 0.0717. The molecule has 38 heavy (non-hydrogen) atoms. The van der Waals surface area contributed by atoms with E-state index >= 15 is 0 Å². The van der Waals surface area contributed by atoms with Crippen LogP contribution in [0.4, 0.5) is 5.69 Å². The third kappa shape index (κ3) is 3.56. The summed E-state index contributed by atoms with van der Waals surface area (Å²) in [5.41, 5.74) is 3.68. The average molecular weight is 524 g/mol. The summed E-state index contributed by atoms with van der Waals surface area (Å²) in [6.45, 7) is 0. The van der Waals surface area contributed by atoms with Crippen molar-refractivity contribution in [1.29, 1.82) is 0 Å². The number of hydrazine groups is 1. The van der Waals surface area contributed by atoms with E-state index in [1.54, 1.807) is 49.5 Å². The van der Waals surface area contributed by atoms with E-state index in [1.165, 1.54) is 4.31 Å². The van der Waals surface area contributed by atoms with Crippen LogP contribution in [0.5, 0.6) is 5.75 Å². The van der Waals surface area contributed by atoms with Gasteiger partial charge in [-0.1, -0.05) is 66.7 Å². The minimum absolute atomic E-state index is 0.199. The van der Waals surface area contributed by atoms with Crippen LogP contribution in [0.25, 0.3) is 5.70 Å². The normalized spacial score (nSPS) is 17.7. The minimum atomic E-state index is -3.86. The summed E-state index contributed by atoms with van der Waals surface area (Å²) < 4.78 is 34.2. The quantitative estimate of drug-likeness (QED) is 0.362. The molecule has 4 aromatic carbocycles. The SMILES string of the molecule is COc1ccc([C@H]2C3=C(c4ccccc4S(=O)(=O)N3C)N(c3ccccc3)N2C(=O)c2ccccc2)cc1. The van der Waals surface area contributed by atoms with E-state index in [2.05, 4.69) is 0 Å². The van der Waals surface area contributed by atoms with Crippen molar-refractivity contribution < 1.29 is 17.9 Å². The zero-order valence-electron chi connectivity index (χ0n) is 20.9. The highest BCUT2D eigenvalue weighted by Crippen LogP contribution is 2.52. The highest BCUT2D eigenvalue weighted by molar-refractivity contribution is 7.89. The van der Waals surface area contributed by atoms with Crippen molar-refractivity contribution in [3.05, 3.63) is 132 Å². The summed E-state index contributed by atoms with van der Waals surface area (Å²) in [6.07, 6.45) is 0. The highest BCUT2D eigenvalue weighted by atomic mass is 32.2. The Balaban J connectivity index is 1.68. The lowest BCUT2D eigenvalue weighted by atomic mass is 10.00. The van der Waals surface area contributed by atoms with Gasteiger partial charge in [-0.05, 0) is 48.0 Å². The van der Waals surface area contributed by atoms with E-state index in [4.69, 9.17) is 4.74 Å². The molecule has 8 heteroatoms. The third-order valence-electron chi connectivity index (χ3n) is 6.95. The Morgan fingerprint density at radius 3 is 2.05 bits per heavy atom. The standard InChI is InChI=1S/C30H25N3O4S/c1-31-29-27(21-17-19-24(37-2)20-18-21)33(30(34)22-11-5-3-6-12-22)32(23-13-7-4-8-14-23)28(29)25-15-9-10-16-26(25)38(31,35)36/h3-20,27H,1-2H3/t27-/m0/s1. The van der Waals surface area contributed by atoms with E-state index < -0.39 is 16.1 Å². The van der Waals surface area contributed by atoms with Gasteiger partial charge in [-0.2, -0.15) is 0 Å². The number of nitrogens with zero attached hydrogens (tertiary/aromatic N) is 3. The number of amides is 1. The number of methoxy groups -OCH3 is 1. The molecule has 0 bridgehead atoms. The maximum atomic E-state index is 14.3. The van der Waals surface area contributed by atoms with Gasteiger partial charge >= 0.3 is 0 Å². The molecule has 6 rings (SSSR count). The lowest BCUT2D eigenvalue weighted by Crippen LogP contribution is -2.43. The molecule has 0 fully saturated rings. The number of hydrogen-bond donors (Lipinski definition) is 0. The second kappa shape index (κ2) is 9.08. The molecule has 0 unspecified atom stereocenters. The number of benzene rings is 4. The number of para-hydroxylation sites is 1. The van der Waals surface area contributed by atoms with Crippen LogP contribution in [-0.2, 0) is 10.0 Å². The molecular weight excluding hydrogens is 498 g/mol. The second-order valence-electron chi connectivity index (χ2n) is 9.04. The van der Waals surface area contributed by atoms with Crippen molar-refractivity contribution >= 4 is 27.3 Å². The number of hydrogen-bond acceptors (Lipinski definition) is 5. The molecule has 0 aliphatic carbocycles. The summed E-state index contributed by atoms with van der Waals surface area (Å²) in [4.78, 5) is 14.5. The number of carbonyl (C=O) groups excluding carboxylic acids is 1. The molecule has 190 valence electrons. The first-order valence-corrected chi connectivity index (χ1v) is 13.6. The molecule has 0 radical (unpaired) electrons. The molecule has 0 saturated carbocycles. The maximum Gasteiger partial charge on any atom is 0.273 e. The molecule has 0 saturated heterocycles. The second-order valence-corrected chi connectivity index (χ2v) is 11.0. The van der Waals surface area contributed by atoms with Gasteiger partial charge in [-0.3, -0.25) is 9.10 Å². The van der Waals surface area contributed by atoms with Crippen molar-refractivity contribution in [1.82, 2.24) is 9.31 Å². The summed E-state index contributed by atoms with van der Waals surface area (Å²) in [5, 5.41) is 3.51. The van der Waals surface area contributed by atoms with Gasteiger partial charge in [-0.25, -0.2) is 18.4 Å². The Morgan fingerprint density at radius 1 is 0.789 bits per heavy atom. The Hall–Kier alpha value is -4.56. The minimum Gasteiger partial charge on any atom is -0.497 e. The van der Waals surface area contributed by atoms with Crippen molar-refractivity contribution in [3.8, 4) is 5.75 Å². The molecule has 2 heterocycles. The van der Waals surface area contributed by atoms with E-state index in [9.17, 15) is 13.2 Å². The Labute approximate surface area is 221 Å². The first-order chi connectivity index (χ1) is 18.4. The zero-order valence-corrected chi connectivity index (χ0v) is 21.7. The van der Waals surface area contributed by atoms with Gasteiger partial charge in [0.05, 0.1) is 29.1 Å². The van der Waals surface area contributed by atoms with Crippen LogP contribution in [-0.4, -0.2) is 37.8 Å². The van der Waals surface area contributed by atoms with Crippen molar-refractivity contribution in [2.75, 3.05) is 19.2 Å². The lowest BCUT2D eigenvalue weighted by Gasteiger charge is -2.35. The number of ether oxygens (including phenoxy) is 1. The number of likely N-dealkylation sites (N-methyl/N-ethyl adjacent to an activating group) is 1. The molecule has 4 aromatic rings. The van der Waals surface area contributed by atoms with Crippen LogP contribution < -0.4 is 9.75 Å². The number of fused-ring (bicyclic) bond motifs is 2. The van der Waals surface area contributed by atoms with Crippen LogP contribution in [0.1, 0.15) is 27.5 Å². The van der Waals surface area contributed by atoms with Gasteiger partial charge in [-0.15, -0.1) is 0 Å². The van der Waals surface area contributed by atoms with Crippen LogP contribution in [0.15, 0.2) is 120 Å². The van der Waals surface area contributed by atoms with Crippen LogP contribution in [0.3, 0.4) is 0 Å². The van der Waals surface area contributed by atoms with E-state index in [-0.39, 0.29) is 10.8 Å². The number of rotatable bonds is 4. The number of sulfonamides is 1. The predicted molar refractivity (Wildman–Crippen MR) is 146 cm³/mol. The molecule has 1 atom stereocenters.